The largest absolute Gasteiger partial charge is 0.332 e. The molecule has 14 heavy (non-hydrogen) atoms. The Kier molecular flexibility index (Phi) is 3.69. The van der Waals surface area contributed by atoms with Crippen molar-refractivity contribution in [3.63, 3.8) is 0 Å². The van der Waals surface area contributed by atoms with E-state index in [1.807, 2.05) is 13.4 Å². The summed E-state index contributed by atoms with van der Waals surface area (Å²) in [6, 6.07) is 0.503. The second-order valence-electron chi connectivity index (χ2n) is 4.10. The summed E-state index contributed by atoms with van der Waals surface area (Å²) in [5.41, 5.74) is 2.41. The van der Waals surface area contributed by atoms with Crippen molar-refractivity contribution in [2.24, 2.45) is 5.92 Å². The summed E-state index contributed by atoms with van der Waals surface area (Å²) in [6.45, 7) is 9.73. The maximum absolute atomic E-state index is 4.32. The van der Waals surface area contributed by atoms with E-state index in [1.165, 1.54) is 5.69 Å². The number of rotatable bonds is 4. The Morgan fingerprint density at radius 1 is 1.43 bits per heavy atom. The molecule has 3 nitrogen and oxygen atoms in total. The van der Waals surface area contributed by atoms with Crippen molar-refractivity contribution in [2.75, 3.05) is 13.6 Å². The molecule has 80 valence electrons. The predicted octanol–water partition coefficient (Wildman–Crippen LogP) is 1.92. The number of nitrogens with one attached hydrogen (secondary N) is 1. The Morgan fingerprint density at radius 2 is 2.07 bits per heavy atom. The minimum absolute atomic E-state index is 0.503. The molecule has 2 atom stereocenters. The second kappa shape index (κ2) is 4.60. The second-order valence-corrected chi connectivity index (χ2v) is 4.10. The van der Waals surface area contributed by atoms with Crippen LogP contribution in [0.1, 0.15) is 31.3 Å². The van der Waals surface area contributed by atoms with Crippen molar-refractivity contribution in [1.29, 1.82) is 0 Å². The molecule has 0 saturated heterocycles. The molecule has 1 heterocycles. The van der Waals surface area contributed by atoms with Crippen molar-refractivity contribution in [3.05, 3.63) is 17.7 Å². The Morgan fingerprint density at radius 3 is 2.50 bits per heavy atom. The highest BCUT2D eigenvalue weighted by atomic mass is 15.1. The molecule has 0 aliphatic rings. The Balaban J connectivity index is 2.78. The molecule has 0 bridgehead atoms. The van der Waals surface area contributed by atoms with E-state index >= 15 is 0 Å². The Labute approximate surface area is 86.5 Å². The van der Waals surface area contributed by atoms with E-state index in [0.29, 0.717) is 12.0 Å². The molecule has 1 aromatic heterocycles. The average Bonchev–Trinajstić information content (AvgIpc) is 2.47. The van der Waals surface area contributed by atoms with Crippen LogP contribution in [-0.2, 0) is 0 Å². The highest BCUT2D eigenvalue weighted by molar-refractivity contribution is 5.09. The predicted molar refractivity (Wildman–Crippen MR) is 59.5 cm³/mol. The minimum atomic E-state index is 0.503. The Hall–Kier alpha value is -0.830. The minimum Gasteiger partial charge on any atom is -0.332 e. The van der Waals surface area contributed by atoms with Gasteiger partial charge >= 0.3 is 0 Å². The van der Waals surface area contributed by atoms with Crippen LogP contribution in [0.15, 0.2) is 6.33 Å². The molecule has 3 heteroatoms. The summed E-state index contributed by atoms with van der Waals surface area (Å²) in [6.07, 6.45) is 1.95. The molecule has 1 rings (SSSR count). The van der Waals surface area contributed by atoms with Gasteiger partial charge in [-0.3, -0.25) is 0 Å². The standard InChI is InChI=1S/C11H21N3/c1-8(6-12-5)10(3)14-7-13-9(2)11(14)4/h7-8,10,12H,6H2,1-5H3. The monoisotopic (exact) mass is 195 g/mol. The van der Waals surface area contributed by atoms with E-state index < -0.39 is 0 Å². The van der Waals surface area contributed by atoms with Gasteiger partial charge in [-0.15, -0.1) is 0 Å². The molecule has 0 saturated carbocycles. The van der Waals surface area contributed by atoms with E-state index in [0.717, 1.165) is 12.2 Å². The Bertz CT molecular complexity index is 291. The summed E-state index contributed by atoms with van der Waals surface area (Å²) in [7, 11) is 2.00. The van der Waals surface area contributed by atoms with Crippen LogP contribution in [-0.4, -0.2) is 23.1 Å². The molecule has 1 aromatic rings. The van der Waals surface area contributed by atoms with E-state index in [2.05, 4.69) is 42.6 Å². The van der Waals surface area contributed by atoms with Gasteiger partial charge in [-0.25, -0.2) is 4.98 Å². The molecule has 0 aromatic carbocycles. The van der Waals surface area contributed by atoms with Gasteiger partial charge in [-0.1, -0.05) is 6.92 Å². The van der Waals surface area contributed by atoms with E-state index in [9.17, 15) is 0 Å². The highest BCUT2D eigenvalue weighted by Crippen LogP contribution is 2.19. The van der Waals surface area contributed by atoms with Crippen LogP contribution in [0.25, 0.3) is 0 Å². The third-order valence-corrected chi connectivity index (χ3v) is 3.08. The molecule has 1 N–H and O–H groups in total. The zero-order chi connectivity index (χ0) is 10.7. The van der Waals surface area contributed by atoms with Crippen LogP contribution >= 0.6 is 0 Å². The summed E-state index contributed by atoms with van der Waals surface area (Å²) in [5.74, 6) is 0.618. The summed E-state index contributed by atoms with van der Waals surface area (Å²) >= 11 is 0. The van der Waals surface area contributed by atoms with Crippen LogP contribution < -0.4 is 5.32 Å². The third kappa shape index (κ3) is 2.15. The van der Waals surface area contributed by atoms with Crippen molar-refractivity contribution in [1.82, 2.24) is 14.9 Å². The zero-order valence-electron chi connectivity index (χ0n) is 9.83. The van der Waals surface area contributed by atoms with Gasteiger partial charge in [0.2, 0.25) is 0 Å². The van der Waals surface area contributed by atoms with Gasteiger partial charge in [0.05, 0.1) is 12.0 Å². The lowest BCUT2D eigenvalue weighted by molar-refractivity contribution is 0.365. The average molecular weight is 195 g/mol. The molecule has 0 radical (unpaired) electrons. The number of aryl methyl sites for hydroxylation is 1. The van der Waals surface area contributed by atoms with Crippen LogP contribution in [0, 0.1) is 19.8 Å². The van der Waals surface area contributed by atoms with Crippen LogP contribution in [0.4, 0.5) is 0 Å². The number of nitrogens with zero attached hydrogens (tertiary/aromatic N) is 2. The number of imidazole rings is 1. The highest BCUT2D eigenvalue weighted by Gasteiger charge is 2.15. The molecule has 0 spiro atoms. The summed E-state index contributed by atoms with van der Waals surface area (Å²) in [4.78, 5) is 4.32. The SMILES string of the molecule is CNCC(C)C(C)n1cnc(C)c1C. The molecule has 0 fully saturated rings. The fourth-order valence-corrected chi connectivity index (χ4v) is 1.69. The molecular weight excluding hydrogens is 174 g/mol. The number of aromatic nitrogens is 2. The lowest BCUT2D eigenvalue weighted by atomic mass is 10.0. The van der Waals surface area contributed by atoms with Crippen LogP contribution in [0.5, 0.6) is 0 Å². The van der Waals surface area contributed by atoms with Crippen LogP contribution in [0.2, 0.25) is 0 Å². The van der Waals surface area contributed by atoms with Gasteiger partial charge in [0.15, 0.2) is 0 Å². The van der Waals surface area contributed by atoms with E-state index in [4.69, 9.17) is 0 Å². The maximum atomic E-state index is 4.32. The normalized spacial score (nSPS) is 15.5. The third-order valence-electron chi connectivity index (χ3n) is 3.08. The topological polar surface area (TPSA) is 29.9 Å². The van der Waals surface area contributed by atoms with Gasteiger partial charge in [-0.05, 0) is 40.3 Å². The molecule has 0 amide bonds. The summed E-state index contributed by atoms with van der Waals surface area (Å²) < 4.78 is 2.26. The molecule has 0 aliphatic carbocycles. The lowest BCUT2D eigenvalue weighted by Gasteiger charge is -2.22. The maximum Gasteiger partial charge on any atom is 0.0954 e. The van der Waals surface area contributed by atoms with Gasteiger partial charge in [-0.2, -0.15) is 0 Å². The van der Waals surface area contributed by atoms with Crippen molar-refractivity contribution < 1.29 is 0 Å². The zero-order valence-corrected chi connectivity index (χ0v) is 9.83. The summed E-state index contributed by atoms with van der Waals surface area (Å²) in [5, 5.41) is 3.21. The van der Waals surface area contributed by atoms with Gasteiger partial charge in [0.25, 0.3) is 0 Å². The fraction of sp³-hybridized carbons (Fsp3) is 0.727. The van der Waals surface area contributed by atoms with E-state index in [1.54, 1.807) is 0 Å². The van der Waals surface area contributed by atoms with Gasteiger partial charge in [0.1, 0.15) is 0 Å². The van der Waals surface area contributed by atoms with Gasteiger partial charge < -0.3 is 9.88 Å². The van der Waals surface area contributed by atoms with Crippen LogP contribution in [0.3, 0.4) is 0 Å². The molecule has 0 aliphatic heterocycles. The molecule has 2 unspecified atom stereocenters. The van der Waals surface area contributed by atoms with E-state index in [-0.39, 0.29) is 0 Å². The first-order chi connectivity index (χ1) is 6.57. The van der Waals surface area contributed by atoms with Crippen molar-refractivity contribution in [3.8, 4) is 0 Å². The first-order valence-corrected chi connectivity index (χ1v) is 5.22. The first kappa shape index (κ1) is 11.2. The lowest BCUT2D eigenvalue weighted by Crippen LogP contribution is -2.24. The van der Waals surface area contributed by atoms with Crippen molar-refractivity contribution in [2.45, 2.75) is 33.7 Å². The fourth-order valence-electron chi connectivity index (χ4n) is 1.69. The van der Waals surface area contributed by atoms with Crippen molar-refractivity contribution >= 4 is 0 Å². The number of hydrogen-bond acceptors (Lipinski definition) is 2. The quantitative estimate of drug-likeness (QED) is 0.795. The smallest absolute Gasteiger partial charge is 0.0954 e. The number of hydrogen-bond donors (Lipinski definition) is 1. The molecular formula is C11H21N3. The first-order valence-electron chi connectivity index (χ1n) is 5.22. The van der Waals surface area contributed by atoms with Gasteiger partial charge in [0, 0.05) is 11.7 Å².